The van der Waals surface area contributed by atoms with Gasteiger partial charge in [-0.25, -0.2) is 4.39 Å². The van der Waals surface area contributed by atoms with Crippen LogP contribution in [-0.2, 0) is 4.79 Å². The smallest absolute Gasteiger partial charge is 0.266 e. The van der Waals surface area contributed by atoms with Crippen LogP contribution in [0, 0.1) is 33.1 Å². The zero-order valence-corrected chi connectivity index (χ0v) is 15.1. The number of hydrogen-bond acceptors (Lipinski definition) is 3. The molecule has 0 saturated carbocycles. The number of ether oxygens (including phenoxy) is 1. The Labute approximate surface area is 158 Å². The van der Waals surface area contributed by atoms with Gasteiger partial charge in [-0.2, -0.15) is 5.26 Å². The third-order valence-electron chi connectivity index (χ3n) is 3.07. The van der Waals surface area contributed by atoms with Crippen molar-refractivity contribution in [2.24, 2.45) is 0 Å². The van der Waals surface area contributed by atoms with Crippen LogP contribution in [0.1, 0.15) is 5.56 Å². The summed E-state index contributed by atoms with van der Waals surface area (Å²) in [5, 5.41) is 11.6. The first-order valence-corrected chi connectivity index (χ1v) is 8.16. The Bertz CT molecular complexity index is 910. The first-order chi connectivity index (χ1) is 12.0. The number of terminal acetylenes is 1. The summed E-state index contributed by atoms with van der Waals surface area (Å²) < 4.78 is 19.7. The Kier molecular flexibility index (Phi) is 6.55. The maximum atomic E-state index is 13.6. The zero-order chi connectivity index (χ0) is 18.2. The lowest BCUT2D eigenvalue weighted by Gasteiger charge is -2.07. The van der Waals surface area contributed by atoms with Crippen molar-refractivity contribution in [3.05, 3.63) is 63.0 Å². The maximum absolute atomic E-state index is 13.6. The molecule has 2 rings (SSSR count). The number of hydrogen-bond donors (Lipinski definition) is 1. The fourth-order valence-electron chi connectivity index (χ4n) is 1.91. The average molecular weight is 446 g/mol. The number of carbonyl (C=O) groups excluding carboxylic acids is 1. The molecule has 1 amide bonds. The van der Waals surface area contributed by atoms with Gasteiger partial charge in [-0.15, -0.1) is 6.42 Å². The van der Waals surface area contributed by atoms with Crippen LogP contribution in [0.3, 0.4) is 0 Å². The molecule has 0 unspecified atom stereocenters. The van der Waals surface area contributed by atoms with Crippen LogP contribution < -0.4 is 10.1 Å². The van der Waals surface area contributed by atoms with Crippen molar-refractivity contribution in [2.45, 2.75) is 0 Å². The molecule has 0 heterocycles. The van der Waals surface area contributed by atoms with Gasteiger partial charge in [0.25, 0.3) is 5.91 Å². The van der Waals surface area contributed by atoms with Gasteiger partial charge in [0.2, 0.25) is 0 Å². The van der Waals surface area contributed by atoms with E-state index in [1.165, 1.54) is 24.3 Å². The molecule has 2 aromatic rings. The molecular formula is C19H12FIN2O2. The Hall–Kier alpha value is -2.84. The van der Waals surface area contributed by atoms with E-state index in [4.69, 9.17) is 11.2 Å². The van der Waals surface area contributed by atoms with Gasteiger partial charge in [0.05, 0.1) is 9.26 Å². The molecule has 0 aromatic heterocycles. The number of nitriles is 1. The highest BCUT2D eigenvalue weighted by Gasteiger charge is 2.12. The van der Waals surface area contributed by atoms with E-state index in [1.807, 2.05) is 6.07 Å². The highest BCUT2D eigenvalue weighted by molar-refractivity contribution is 14.1. The molecule has 2 aromatic carbocycles. The molecule has 0 bridgehead atoms. The SMILES string of the molecule is C#CCOc1ccc(/C=C(/C#N)C(=O)Nc2ccccc2F)cc1I. The summed E-state index contributed by atoms with van der Waals surface area (Å²) in [7, 11) is 0. The fourth-order valence-corrected chi connectivity index (χ4v) is 2.61. The molecule has 0 radical (unpaired) electrons. The van der Waals surface area contributed by atoms with Crippen molar-refractivity contribution >= 4 is 40.3 Å². The van der Waals surface area contributed by atoms with Crippen LogP contribution in [0.15, 0.2) is 48.0 Å². The van der Waals surface area contributed by atoms with Gasteiger partial charge in [-0.1, -0.05) is 24.1 Å². The summed E-state index contributed by atoms with van der Waals surface area (Å²) in [5.74, 6) is 1.74. The molecule has 0 atom stereocenters. The van der Waals surface area contributed by atoms with E-state index < -0.39 is 11.7 Å². The van der Waals surface area contributed by atoms with E-state index >= 15 is 0 Å². The fraction of sp³-hybridized carbons (Fsp3) is 0.0526. The summed E-state index contributed by atoms with van der Waals surface area (Å²) in [6.45, 7) is 0.152. The second-order valence-electron chi connectivity index (χ2n) is 4.79. The highest BCUT2D eigenvalue weighted by atomic mass is 127. The number of carbonyl (C=O) groups is 1. The van der Waals surface area contributed by atoms with E-state index in [2.05, 4.69) is 33.8 Å². The minimum atomic E-state index is -0.685. The Morgan fingerprint density at radius 2 is 2.12 bits per heavy atom. The van der Waals surface area contributed by atoms with E-state index in [-0.39, 0.29) is 17.9 Å². The van der Waals surface area contributed by atoms with E-state index in [0.29, 0.717) is 11.3 Å². The van der Waals surface area contributed by atoms with Crippen LogP contribution in [0.2, 0.25) is 0 Å². The van der Waals surface area contributed by atoms with Crippen molar-refractivity contribution < 1.29 is 13.9 Å². The standard InChI is InChI=1S/C19H12FIN2O2/c1-2-9-25-18-8-7-13(11-16(18)21)10-14(12-22)19(24)23-17-6-4-3-5-15(17)20/h1,3-8,10-11H,9H2,(H,23,24)/b14-10-. The van der Waals surface area contributed by atoms with E-state index in [9.17, 15) is 14.4 Å². The molecule has 0 aliphatic heterocycles. The summed E-state index contributed by atoms with van der Waals surface area (Å²) in [6.07, 6.45) is 6.57. The third kappa shape index (κ3) is 5.07. The zero-order valence-electron chi connectivity index (χ0n) is 12.9. The normalized spacial score (nSPS) is 10.5. The van der Waals surface area contributed by atoms with E-state index in [1.54, 1.807) is 24.3 Å². The van der Waals surface area contributed by atoms with Gasteiger partial charge in [-0.3, -0.25) is 4.79 Å². The quantitative estimate of drug-likeness (QED) is 0.327. The number of halogens is 2. The number of nitrogens with one attached hydrogen (secondary N) is 1. The monoisotopic (exact) mass is 446 g/mol. The summed E-state index contributed by atoms with van der Waals surface area (Å²) in [6, 6.07) is 12.7. The van der Waals surface area contributed by atoms with Gasteiger partial charge in [0, 0.05) is 0 Å². The van der Waals surface area contributed by atoms with Gasteiger partial charge in [-0.05, 0) is 58.5 Å². The predicted molar refractivity (Wildman–Crippen MR) is 102 cm³/mol. The van der Waals surface area contributed by atoms with Gasteiger partial charge in [0.1, 0.15) is 29.8 Å². The first-order valence-electron chi connectivity index (χ1n) is 7.08. The number of amides is 1. The number of nitrogens with zero attached hydrogens (tertiary/aromatic N) is 1. The number of rotatable bonds is 5. The average Bonchev–Trinajstić information content (AvgIpc) is 2.60. The maximum Gasteiger partial charge on any atom is 0.266 e. The van der Waals surface area contributed by atoms with Crippen molar-refractivity contribution in [1.82, 2.24) is 0 Å². The number of benzene rings is 2. The van der Waals surface area contributed by atoms with Crippen molar-refractivity contribution in [3.8, 4) is 24.2 Å². The van der Waals surface area contributed by atoms with Crippen LogP contribution >= 0.6 is 22.6 Å². The molecule has 6 heteroatoms. The highest BCUT2D eigenvalue weighted by Crippen LogP contribution is 2.23. The molecule has 0 saturated heterocycles. The summed E-state index contributed by atoms with van der Waals surface area (Å²) in [4.78, 5) is 12.2. The first kappa shape index (κ1) is 18.5. The largest absolute Gasteiger partial charge is 0.480 e. The van der Waals surface area contributed by atoms with Crippen molar-refractivity contribution in [3.63, 3.8) is 0 Å². The van der Waals surface area contributed by atoms with Gasteiger partial charge >= 0.3 is 0 Å². The van der Waals surface area contributed by atoms with E-state index in [0.717, 1.165) is 3.57 Å². The lowest BCUT2D eigenvalue weighted by atomic mass is 10.1. The molecule has 4 nitrogen and oxygen atoms in total. The lowest BCUT2D eigenvalue weighted by Crippen LogP contribution is -2.14. The molecule has 0 spiro atoms. The van der Waals surface area contributed by atoms with Gasteiger partial charge in [0.15, 0.2) is 0 Å². The Balaban J connectivity index is 2.21. The lowest BCUT2D eigenvalue weighted by molar-refractivity contribution is -0.112. The molecule has 124 valence electrons. The second-order valence-corrected chi connectivity index (χ2v) is 5.95. The minimum absolute atomic E-state index is 0.0151. The van der Waals surface area contributed by atoms with Crippen LogP contribution in [0.5, 0.6) is 5.75 Å². The molecule has 1 N–H and O–H groups in total. The van der Waals surface area contributed by atoms with Crippen molar-refractivity contribution in [1.29, 1.82) is 5.26 Å². The molecule has 0 aliphatic rings. The van der Waals surface area contributed by atoms with Crippen LogP contribution in [-0.4, -0.2) is 12.5 Å². The second kappa shape index (κ2) is 8.86. The Morgan fingerprint density at radius 1 is 1.36 bits per heavy atom. The predicted octanol–water partition coefficient (Wildman–Crippen LogP) is 3.99. The number of anilines is 1. The minimum Gasteiger partial charge on any atom is -0.480 e. The molecule has 25 heavy (non-hydrogen) atoms. The van der Waals surface area contributed by atoms with Crippen LogP contribution in [0.25, 0.3) is 6.08 Å². The van der Waals surface area contributed by atoms with Crippen LogP contribution in [0.4, 0.5) is 10.1 Å². The molecular weight excluding hydrogens is 434 g/mol. The topological polar surface area (TPSA) is 62.1 Å². The van der Waals surface area contributed by atoms with Crippen molar-refractivity contribution in [2.75, 3.05) is 11.9 Å². The summed E-state index contributed by atoms with van der Waals surface area (Å²) >= 11 is 2.07. The molecule has 0 fully saturated rings. The third-order valence-corrected chi connectivity index (χ3v) is 3.91. The molecule has 0 aliphatic carbocycles. The van der Waals surface area contributed by atoms with Gasteiger partial charge < -0.3 is 10.1 Å². The summed E-state index contributed by atoms with van der Waals surface area (Å²) in [5.41, 5.74) is 0.510. The number of para-hydroxylation sites is 1. The Morgan fingerprint density at radius 3 is 2.76 bits per heavy atom.